The quantitative estimate of drug-likeness (QED) is 0.842. The molecule has 1 aromatic carbocycles. The first-order valence-electron chi connectivity index (χ1n) is 6.78. The molecule has 1 heterocycles. The van der Waals surface area contributed by atoms with Crippen LogP contribution in [0.4, 0.5) is 13.2 Å². The van der Waals surface area contributed by atoms with Crippen LogP contribution < -0.4 is 5.32 Å². The predicted molar refractivity (Wildman–Crippen MR) is 72.1 cm³/mol. The van der Waals surface area contributed by atoms with Gasteiger partial charge in [0.05, 0.1) is 6.54 Å². The van der Waals surface area contributed by atoms with Gasteiger partial charge < -0.3 is 10.2 Å². The van der Waals surface area contributed by atoms with Crippen molar-refractivity contribution in [1.29, 1.82) is 0 Å². The number of rotatable bonds is 4. The van der Waals surface area contributed by atoms with Gasteiger partial charge in [-0.3, -0.25) is 9.69 Å². The summed E-state index contributed by atoms with van der Waals surface area (Å²) in [5.41, 5.74) is 0.294. The van der Waals surface area contributed by atoms with Gasteiger partial charge >= 0.3 is 0 Å². The van der Waals surface area contributed by atoms with E-state index in [1.807, 2.05) is 0 Å². The fourth-order valence-corrected chi connectivity index (χ4v) is 2.31. The SMILES string of the molecule is CN(CC(=O)N1CCNCC1)Cc1cc(F)c(F)c(F)c1. The lowest BCUT2D eigenvalue weighted by Crippen LogP contribution is -2.49. The van der Waals surface area contributed by atoms with Crippen LogP contribution in [0.5, 0.6) is 0 Å². The molecular formula is C14H18F3N3O. The monoisotopic (exact) mass is 301 g/mol. The highest BCUT2D eigenvalue weighted by Crippen LogP contribution is 2.14. The average Bonchev–Trinajstić information content (AvgIpc) is 2.45. The van der Waals surface area contributed by atoms with Crippen LogP contribution >= 0.6 is 0 Å². The molecule has 2 rings (SSSR count). The maximum absolute atomic E-state index is 13.1. The number of benzene rings is 1. The first-order valence-corrected chi connectivity index (χ1v) is 6.78. The van der Waals surface area contributed by atoms with E-state index in [-0.39, 0.29) is 19.0 Å². The van der Waals surface area contributed by atoms with Gasteiger partial charge in [0.15, 0.2) is 17.5 Å². The maximum Gasteiger partial charge on any atom is 0.236 e. The van der Waals surface area contributed by atoms with Crippen molar-refractivity contribution in [2.24, 2.45) is 0 Å². The number of likely N-dealkylation sites (N-methyl/N-ethyl adjacent to an activating group) is 1. The fraction of sp³-hybridized carbons (Fsp3) is 0.500. The Morgan fingerprint density at radius 1 is 1.24 bits per heavy atom. The van der Waals surface area contributed by atoms with E-state index in [0.717, 1.165) is 25.2 Å². The van der Waals surface area contributed by atoms with Crippen LogP contribution in [0.1, 0.15) is 5.56 Å². The number of carbonyl (C=O) groups excluding carboxylic acids is 1. The summed E-state index contributed by atoms with van der Waals surface area (Å²) in [5, 5.41) is 3.15. The Morgan fingerprint density at radius 2 is 1.81 bits per heavy atom. The summed E-state index contributed by atoms with van der Waals surface area (Å²) < 4.78 is 39.1. The van der Waals surface area contributed by atoms with E-state index in [9.17, 15) is 18.0 Å². The van der Waals surface area contributed by atoms with E-state index >= 15 is 0 Å². The van der Waals surface area contributed by atoms with E-state index < -0.39 is 17.5 Å². The van der Waals surface area contributed by atoms with Crippen molar-refractivity contribution in [2.45, 2.75) is 6.54 Å². The number of hydrogen-bond donors (Lipinski definition) is 1. The molecule has 0 spiro atoms. The molecule has 1 saturated heterocycles. The second kappa shape index (κ2) is 6.91. The number of nitrogens with one attached hydrogen (secondary N) is 1. The third-order valence-electron chi connectivity index (χ3n) is 3.37. The number of carbonyl (C=O) groups is 1. The number of nitrogens with zero attached hydrogens (tertiary/aromatic N) is 2. The third kappa shape index (κ3) is 4.18. The van der Waals surface area contributed by atoms with Crippen molar-refractivity contribution >= 4 is 5.91 Å². The van der Waals surface area contributed by atoms with Crippen molar-refractivity contribution < 1.29 is 18.0 Å². The second-order valence-corrected chi connectivity index (χ2v) is 5.18. The Hall–Kier alpha value is -1.60. The van der Waals surface area contributed by atoms with Gasteiger partial charge in [-0.2, -0.15) is 0 Å². The van der Waals surface area contributed by atoms with Gasteiger partial charge in [0.2, 0.25) is 5.91 Å². The fourth-order valence-electron chi connectivity index (χ4n) is 2.31. The van der Waals surface area contributed by atoms with Gasteiger partial charge in [0.25, 0.3) is 0 Å². The highest BCUT2D eigenvalue weighted by Gasteiger charge is 2.18. The smallest absolute Gasteiger partial charge is 0.236 e. The van der Waals surface area contributed by atoms with Crippen LogP contribution in [0, 0.1) is 17.5 Å². The molecule has 0 aliphatic carbocycles. The normalized spacial score (nSPS) is 15.6. The molecule has 4 nitrogen and oxygen atoms in total. The summed E-state index contributed by atoms with van der Waals surface area (Å²) in [7, 11) is 1.68. The van der Waals surface area contributed by atoms with Crippen LogP contribution in [0.2, 0.25) is 0 Å². The van der Waals surface area contributed by atoms with Crippen LogP contribution in [0.3, 0.4) is 0 Å². The maximum atomic E-state index is 13.1. The molecule has 1 fully saturated rings. The van der Waals surface area contributed by atoms with Crippen molar-refractivity contribution in [2.75, 3.05) is 39.8 Å². The van der Waals surface area contributed by atoms with Gasteiger partial charge in [0, 0.05) is 32.7 Å². The van der Waals surface area contributed by atoms with E-state index in [2.05, 4.69) is 5.32 Å². The molecule has 1 amide bonds. The lowest BCUT2D eigenvalue weighted by molar-refractivity contribution is -0.132. The summed E-state index contributed by atoms with van der Waals surface area (Å²) in [5.74, 6) is -3.93. The molecular weight excluding hydrogens is 283 g/mol. The van der Waals surface area contributed by atoms with Gasteiger partial charge in [0.1, 0.15) is 0 Å². The van der Waals surface area contributed by atoms with E-state index in [1.54, 1.807) is 16.8 Å². The standard InChI is InChI=1S/C14H18F3N3O/c1-19(9-13(21)20-4-2-18-3-5-20)8-10-6-11(15)14(17)12(16)7-10/h6-7,18H,2-5,8-9H2,1H3. The minimum absolute atomic E-state index is 0.0259. The first-order chi connectivity index (χ1) is 9.97. The molecule has 0 bridgehead atoms. The van der Waals surface area contributed by atoms with Crippen LogP contribution in [-0.2, 0) is 11.3 Å². The lowest BCUT2D eigenvalue weighted by Gasteiger charge is -2.29. The van der Waals surface area contributed by atoms with Gasteiger partial charge in [-0.15, -0.1) is 0 Å². The number of piperazine rings is 1. The highest BCUT2D eigenvalue weighted by molar-refractivity contribution is 5.78. The van der Waals surface area contributed by atoms with E-state index in [0.29, 0.717) is 18.7 Å². The highest BCUT2D eigenvalue weighted by atomic mass is 19.2. The molecule has 7 heteroatoms. The zero-order chi connectivity index (χ0) is 15.4. The van der Waals surface area contributed by atoms with Crippen molar-refractivity contribution in [3.05, 3.63) is 35.1 Å². The van der Waals surface area contributed by atoms with Gasteiger partial charge in [-0.1, -0.05) is 0 Å². The molecule has 116 valence electrons. The third-order valence-corrected chi connectivity index (χ3v) is 3.37. The molecule has 0 radical (unpaired) electrons. The molecule has 0 atom stereocenters. The van der Waals surface area contributed by atoms with Crippen molar-refractivity contribution in [3.8, 4) is 0 Å². The minimum Gasteiger partial charge on any atom is -0.339 e. The summed E-state index contributed by atoms with van der Waals surface area (Å²) in [6.45, 7) is 3.18. The molecule has 1 N–H and O–H groups in total. The number of halogens is 3. The average molecular weight is 301 g/mol. The van der Waals surface area contributed by atoms with E-state index in [4.69, 9.17) is 0 Å². The zero-order valence-electron chi connectivity index (χ0n) is 11.8. The second-order valence-electron chi connectivity index (χ2n) is 5.18. The van der Waals surface area contributed by atoms with Crippen LogP contribution in [0.25, 0.3) is 0 Å². The number of amides is 1. The minimum atomic E-state index is -1.47. The molecule has 1 aliphatic heterocycles. The Bertz CT molecular complexity index is 495. The van der Waals surface area contributed by atoms with Gasteiger partial charge in [-0.25, -0.2) is 13.2 Å². The predicted octanol–water partition coefficient (Wildman–Crippen LogP) is 0.967. The Labute approximate surface area is 121 Å². The topological polar surface area (TPSA) is 35.6 Å². The molecule has 1 aliphatic rings. The Kier molecular flexibility index (Phi) is 5.19. The van der Waals surface area contributed by atoms with Crippen LogP contribution in [0.15, 0.2) is 12.1 Å². The molecule has 0 saturated carbocycles. The van der Waals surface area contributed by atoms with Crippen molar-refractivity contribution in [3.63, 3.8) is 0 Å². The molecule has 0 aromatic heterocycles. The van der Waals surface area contributed by atoms with Crippen LogP contribution in [-0.4, -0.2) is 55.5 Å². The Morgan fingerprint density at radius 3 is 2.38 bits per heavy atom. The lowest BCUT2D eigenvalue weighted by atomic mass is 10.2. The largest absolute Gasteiger partial charge is 0.339 e. The molecule has 1 aromatic rings. The zero-order valence-corrected chi connectivity index (χ0v) is 11.8. The Balaban J connectivity index is 1.92. The summed E-state index contributed by atoms with van der Waals surface area (Å²) >= 11 is 0. The molecule has 0 unspecified atom stereocenters. The summed E-state index contributed by atoms with van der Waals surface area (Å²) in [6, 6.07) is 1.90. The van der Waals surface area contributed by atoms with Gasteiger partial charge in [-0.05, 0) is 24.7 Å². The molecule has 21 heavy (non-hydrogen) atoms. The number of hydrogen-bond acceptors (Lipinski definition) is 3. The first kappa shape index (κ1) is 15.8. The van der Waals surface area contributed by atoms with Crippen molar-refractivity contribution in [1.82, 2.24) is 15.1 Å². The summed E-state index contributed by atoms with van der Waals surface area (Å²) in [6.07, 6.45) is 0. The van der Waals surface area contributed by atoms with E-state index in [1.165, 1.54) is 0 Å². The summed E-state index contributed by atoms with van der Waals surface area (Å²) in [4.78, 5) is 15.4.